The molecule has 128 valence electrons. The fourth-order valence-electron chi connectivity index (χ4n) is 2.26. The van der Waals surface area contributed by atoms with Crippen LogP contribution in [0, 0.1) is 0 Å². The van der Waals surface area contributed by atoms with Crippen molar-refractivity contribution in [3.05, 3.63) is 59.7 Å². The normalized spacial score (nSPS) is 12.6. The van der Waals surface area contributed by atoms with E-state index in [0.29, 0.717) is 12.2 Å². The molecule has 0 aliphatic carbocycles. The highest BCUT2D eigenvalue weighted by Crippen LogP contribution is 2.20. The van der Waals surface area contributed by atoms with Gasteiger partial charge in [-0.2, -0.15) is 0 Å². The predicted molar refractivity (Wildman–Crippen MR) is 92.8 cm³/mol. The number of ketones is 1. The van der Waals surface area contributed by atoms with Crippen LogP contribution in [0.25, 0.3) is 0 Å². The molecule has 2 aromatic carbocycles. The quantitative estimate of drug-likeness (QED) is 0.780. The SMILES string of the molecule is CCOc1ccc(C(C)NS(=O)(=O)c2ccc(C(C)=O)cc2)cc1. The van der Waals surface area contributed by atoms with Crippen LogP contribution in [-0.4, -0.2) is 20.8 Å². The number of ether oxygens (including phenoxy) is 1. The highest BCUT2D eigenvalue weighted by molar-refractivity contribution is 7.89. The number of hydrogen-bond acceptors (Lipinski definition) is 4. The summed E-state index contributed by atoms with van der Waals surface area (Å²) in [6, 6.07) is 12.8. The minimum absolute atomic E-state index is 0.102. The first kappa shape index (κ1) is 18.2. The molecule has 0 fully saturated rings. The maximum absolute atomic E-state index is 12.4. The molecule has 0 saturated heterocycles. The maximum atomic E-state index is 12.4. The predicted octanol–water partition coefficient (Wildman–Crippen LogP) is 3.33. The average Bonchev–Trinajstić information content (AvgIpc) is 2.55. The van der Waals surface area contributed by atoms with Crippen LogP contribution in [0.2, 0.25) is 0 Å². The van der Waals surface area contributed by atoms with Crippen molar-refractivity contribution in [1.29, 1.82) is 0 Å². The Balaban J connectivity index is 2.14. The van der Waals surface area contributed by atoms with Crippen molar-refractivity contribution < 1.29 is 17.9 Å². The Bertz CT molecular complexity index is 796. The van der Waals surface area contributed by atoms with E-state index in [0.717, 1.165) is 11.3 Å². The lowest BCUT2D eigenvalue weighted by atomic mass is 10.1. The van der Waals surface area contributed by atoms with E-state index in [-0.39, 0.29) is 10.7 Å². The molecule has 0 aliphatic rings. The molecule has 0 aromatic heterocycles. The van der Waals surface area contributed by atoms with Gasteiger partial charge in [0.2, 0.25) is 10.0 Å². The summed E-state index contributed by atoms with van der Waals surface area (Å²) in [7, 11) is -3.66. The summed E-state index contributed by atoms with van der Waals surface area (Å²) >= 11 is 0. The summed E-state index contributed by atoms with van der Waals surface area (Å²) in [4.78, 5) is 11.4. The number of carbonyl (C=O) groups is 1. The zero-order valence-electron chi connectivity index (χ0n) is 13.9. The van der Waals surface area contributed by atoms with E-state index < -0.39 is 16.1 Å². The van der Waals surface area contributed by atoms with Gasteiger partial charge in [-0.05, 0) is 50.6 Å². The molecule has 0 aliphatic heterocycles. The number of sulfonamides is 1. The third kappa shape index (κ3) is 4.43. The minimum Gasteiger partial charge on any atom is -0.494 e. The highest BCUT2D eigenvalue weighted by atomic mass is 32.2. The molecule has 0 heterocycles. The molecule has 2 aromatic rings. The maximum Gasteiger partial charge on any atom is 0.241 e. The van der Waals surface area contributed by atoms with Crippen molar-refractivity contribution in [2.45, 2.75) is 31.7 Å². The van der Waals surface area contributed by atoms with Gasteiger partial charge in [0.1, 0.15) is 5.75 Å². The number of rotatable bonds is 7. The van der Waals surface area contributed by atoms with Gasteiger partial charge in [-0.1, -0.05) is 24.3 Å². The Hall–Kier alpha value is -2.18. The Labute approximate surface area is 142 Å². The van der Waals surface area contributed by atoms with E-state index >= 15 is 0 Å². The molecule has 1 atom stereocenters. The standard InChI is InChI=1S/C18H21NO4S/c1-4-23-17-9-5-15(6-10-17)13(2)19-24(21,22)18-11-7-16(8-12-18)14(3)20/h5-13,19H,4H2,1-3H3. The van der Waals surface area contributed by atoms with Gasteiger partial charge in [0.05, 0.1) is 11.5 Å². The molecule has 0 radical (unpaired) electrons. The van der Waals surface area contributed by atoms with Crippen LogP contribution in [0.4, 0.5) is 0 Å². The summed E-state index contributed by atoms with van der Waals surface area (Å²) < 4.78 is 32.9. The van der Waals surface area contributed by atoms with E-state index in [2.05, 4.69) is 4.72 Å². The molecule has 2 rings (SSSR count). The lowest BCUT2D eigenvalue weighted by Gasteiger charge is -2.15. The molecule has 0 spiro atoms. The summed E-state index contributed by atoms with van der Waals surface area (Å²) in [5.74, 6) is 0.644. The number of nitrogens with one attached hydrogen (secondary N) is 1. The first-order valence-electron chi connectivity index (χ1n) is 7.69. The second-order valence-corrected chi connectivity index (χ2v) is 7.14. The lowest BCUT2D eigenvalue weighted by Crippen LogP contribution is -2.26. The number of Topliss-reactive ketones (excluding diaryl/α,β-unsaturated/α-hetero) is 1. The van der Waals surface area contributed by atoms with Gasteiger partial charge in [-0.3, -0.25) is 4.79 Å². The fraction of sp³-hybridized carbons (Fsp3) is 0.278. The van der Waals surface area contributed by atoms with E-state index in [9.17, 15) is 13.2 Å². The molecule has 0 saturated carbocycles. The van der Waals surface area contributed by atoms with Crippen LogP contribution in [0.3, 0.4) is 0 Å². The zero-order chi connectivity index (χ0) is 17.7. The van der Waals surface area contributed by atoms with Gasteiger partial charge in [0.25, 0.3) is 0 Å². The smallest absolute Gasteiger partial charge is 0.241 e. The Morgan fingerprint density at radius 3 is 2.17 bits per heavy atom. The van der Waals surface area contributed by atoms with Crippen LogP contribution in [0.15, 0.2) is 53.4 Å². The molecule has 6 heteroatoms. The van der Waals surface area contributed by atoms with E-state index in [1.807, 2.05) is 31.2 Å². The van der Waals surface area contributed by atoms with Crippen molar-refractivity contribution in [2.75, 3.05) is 6.61 Å². The summed E-state index contributed by atoms with van der Waals surface area (Å²) in [5, 5.41) is 0. The van der Waals surface area contributed by atoms with Crippen molar-refractivity contribution in [3.8, 4) is 5.75 Å². The van der Waals surface area contributed by atoms with E-state index in [1.54, 1.807) is 6.92 Å². The molecule has 1 N–H and O–H groups in total. The summed E-state index contributed by atoms with van der Waals surface area (Å²) in [6.45, 7) is 5.70. The lowest BCUT2D eigenvalue weighted by molar-refractivity contribution is 0.101. The van der Waals surface area contributed by atoms with Crippen LogP contribution >= 0.6 is 0 Å². The van der Waals surface area contributed by atoms with Crippen LogP contribution in [0.5, 0.6) is 5.75 Å². The first-order chi connectivity index (χ1) is 11.3. The van der Waals surface area contributed by atoms with Crippen molar-refractivity contribution in [1.82, 2.24) is 4.72 Å². The highest BCUT2D eigenvalue weighted by Gasteiger charge is 2.18. The number of hydrogen-bond donors (Lipinski definition) is 1. The van der Waals surface area contributed by atoms with Gasteiger partial charge in [-0.25, -0.2) is 13.1 Å². The molecular formula is C18H21NO4S. The average molecular weight is 347 g/mol. The Morgan fingerprint density at radius 1 is 1.08 bits per heavy atom. The van der Waals surface area contributed by atoms with E-state index in [4.69, 9.17) is 4.74 Å². The third-order valence-electron chi connectivity index (χ3n) is 3.59. The third-order valence-corrected chi connectivity index (χ3v) is 5.15. The molecule has 0 bridgehead atoms. The second kappa shape index (κ2) is 7.59. The van der Waals surface area contributed by atoms with Gasteiger partial charge >= 0.3 is 0 Å². The number of benzene rings is 2. The number of carbonyl (C=O) groups excluding carboxylic acids is 1. The summed E-state index contributed by atoms with van der Waals surface area (Å²) in [5.41, 5.74) is 1.32. The molecule has 24 heavy (non-hydrogen) atoms. The minimum atomic E-state index is -3.66. The van der Waals surface area contributed by atoms with Gasteiger partial charge in [0.15, 0.2) is 5.78 Å². The van der Waals surface area contributed by atoms with Crippen molar-refractivity contribution >= 4 is 15.8 Å². The second-order valence-electron chi connectivity index (χ2n) is 5.43. The van der Waals surface area contributed by atoms with Crippen LogP contribution in [-0.2, 0) is 10.0 Å². The van der Waals surface area contributed by atoms with Gasteiger partial charge in [0, 0.05) is 11.6 Å². The molecule has 1 unspecified atom stereocenters. The van der Waals surface area contributed by atoms with E-state index in [1.165, 1.54) is 31.2 Å². The van der Waals surface area contributed by atoms with Gasteiger partial charge < -0.3 is 4.74 Å². The Kier molecular flexibility index (Phi) is 5.75. The largest absolute Gasteiger partial charge is 0.494 e. The first-order valence-corrected chi connectivity index (χ1v) is 9.18. The topological polar surface area (TPSA) is 72.5 Å². The summed E-state index contributed by atoms with van der Waals surface area (Å²) in [6.07, 6.45) is 0. The van der Waals surface area contributed by atoms with Crippen molar-refractivity contribution in [3.63, 3.8) is 0 Å². The van der Waals surface area contributed by atoms with Crippen molar-refractivity contribution in [2.24, 2.45) is 0 Å². The van der Waals surface area contributed by atoms with Crippen LogP contribution < -0.4 is 9.46 Å². The Morgan fingerprint density at radius 2 is 1.67 bits per heavy atom. The monoisotopic (exact) mass is 347 g/mol. The molecule has 0 amide bonds. The molecule has 5 nitrogen and oxygen atoms in total. The van der Waals surface area contributed by atoms with Crippen LogP contribution in [0.1, 0.15) is 42.7 Å². The molecular weight excluding hydrogens is 326 g/mol. The zero-order valence-corrected chi connectivity index (χ0v) is 14.8. The fourth-order valence-corrected chi connectivity index (χ4v) is 3.49. The van der Waals surface area contributed by atoms with Gasteiger partial charge in [-0.15, -0.1) is 0 Å².